The molecule has 472 valence electrons. The van der Waals surface area contributed by atoms with Crippen molar-refractivity contribution < 1.29 is 28.6 Å². The number of hydrogen-bond donors (Lipinski definition) is 0. The number of hydrogen-bond acceptors (Lipinski definition) is 6. The SMILES string of the molecule is CC/C=C\C/C=C\C/C=C\C/C=C\C/C=C\C/C=C\CCCCCCC(=O)OCC(COC(=O)CCCCCCCC/C=C\C/C=C\C/C=C\C/C=C\CC)OC(=O)CCCCCCCCCCCCC/C=C\CCCCCCCCCC. The van der Waals surface area contributed by atoms with Crippen LogP contribution in [0.5, 0.6) is 0 Å². The molecule has 0 radical (unpaired) electrons. The molecule has 83 heavy (non-hydrogen) atoms. The van der Waals surface area contributed by atoms with Gasteiger partial charge in [-0.1, -0.05) is 296 Å². The summed E-state index contributed by atoms with van der Waals surface area (Å²) in [5.74, 6) is -0.928. The fourth-order valence-corrected chi connectivity index (χ4v) is 9.49. The second-order valence-corrected chi connectivity index (χ2v) is 22.7. The maximum absolute atomic E-state index is 13.0. The van der Waals surface area contributed by atoms with Crippen LogP contribution >= 0.6 is 0 Å². The number of allylic oxidation sites excluding steroid dienone is 22. The Morgan fingerprint density at radius 3 is 0.747 bits per heavy atom. The zero-order valence-corrected chi connectivity index (χ0v) is 54.2. The minimum Gasteiger partial charge on any atom is -0.462 e. The number of esters is 3. The molecule has 1 atom stereocenters. The van der Waals surface area contributed by atoms with Gasteiger partial charge in [-0.2, -0.15) is 0 Å². The minimum atomic E-state index is -0.803. The van der Waals surface area contributed by atoms with Gasteiger partial charge in [0.25, 0.3) is 0 Å². The lowest BCUT2D eigenvalue weighted by Crippen LogP contribution is -2.30. The molecule has 0 aromatic heterocycles. The van der Waals surface area contributed by atoms with E-state index in [1.54, 1.807) is 0 Å². The molecule has 0 bridgehead atoms. The first-order valence-electron chi connectivity index (χ1n) is 34.7. The Morgan fingerprint density at radius 2 is 0.470 bits per heavy atom. The van der Waals surface area contributed by atoms with Gasteiger partial charge in [0.15, 0.2) is 6.10 Å². The minimum absolute atomic E-state index is 0.0970. The summed E-state index contributed by atoms with van der Waals surface area (Å²) in [5, 5.41) is 0. The van der Waals surface area contributed by atoms with Crippen molar-refractivity contribution in [2.75, 3.05) is 13.2 Å². The summed E-state index contributed by atoms with van der Waals surface area (Å²) in [4.78, 5) is 38.5. The molecule has 0 saturated carbocycles. The van der Waals surface area contributed by atoms with E-state index in [2.05, 4.69) is 154 Å². The van der Waals surface area contributed by atoms with Crippen molar-refractivity contribution in [3.63, 3.8) is 0 Å². The molecule has 6 heteroatoms. The average molecular weight is 1150 g/mol. The molecular weight excluding hydrogens is 1020 g/mol. The number of carbonyl (C=O) groups excluding carboxylic acids is 3. The molecule has 0 amide bonds. The van der Waals surface area contributed by atoms with Crippen molar-refractivity contribution in [1.82, 2.24) is 0 Å². The molecule has 0 fully saturated rings. The molecule has 0 aromatic carbocycles. The molecule has 1 unspecified atom stereocenters. The molecule has 0 aliphatic carbocycles. The van der Waals surface area contributed by atoms with Crippen LogP contribution in [0.3, 0.4) is 0 Å². The second kappa shape index (κ2) is 70.0. The summed E-state index contributed by atoms with van der Waals surface area (Å²) in [6.45, 7) is 6.41. The third-order valence-electron chi connectivity index (χ3n) is 14.6. The fourth-order valence-electron chi connectivity index (χ4n) is 9.49. The summed E-state index contributed by atoms with van der Waals surface area (Å²) >= 11 is 0. The van der Waals surface area contributed by atoms with Gasteiger partial charge in [0, 0.05) is 19.3 Å². The van der Waals surface area contributed by atoms with E-state index >= 15 is 0 Å². The first-order valence-corrected chi connectivity index (χ1v) is 34.7. The van der Waals surface area contributed by atoms with Crippen LogP contribution < -0.4 is 0 Å². The van der Waals surface area contributed by atoms with Gasteiger partial charge in [-0.05, 0) is 135 Å². The Labute approximate surface area is 513 Å². The van der Waals surface area contributed by atoms with Crippen LogP contribution in [0.15, 0.2) is 134 Å². The third kappa shape index (κ3) is 68.2. The maximum Gasteiger partial charge on any atom is 0.306 e. The number of rotatable bonds is 62. The highest BCUT2D eigenvalue weighted by molar-refractivity contribution is 5.71. The number of carbonyl (C=O) groups is 3. The summed E-state index contributed by atoms with van der Waals surface area (Å²) in [5.41, 5.74) is 0. The average Bonchev–Trinajstić information content (AvgIpc) is 3.49. The third-order valence-corrected chi connectivity index (χ3v) is 14.6. The molecule has 0 aromatic rings. The smallest absolute Gasteiger partial charge is 0.306 e. The summed E-state index contributed by atoms with van der Waals surface area (Å²) in [7, 11) is 0. The van der Waals surface area contributed by atoms with Gasteiger partial charge in [0.05, 0.1) is 0 Å². The standard InChI is InChI=1S/C77H128O6/c1-4-7-10-13-16-19-22-25-28-31-34-36-38-40-43-46-49-52-55-58-61-64-67-70-76(79)82-73-74(72-81-75(78)69-66-63-60-57-54-51-48-45-42-33-30-27-24-21-18-15-12-9-6-3)83-77(80)71-68-65-62-59-56-53-50-47-44-41-39-37-35-32-29-26-23-20-17-14-11-8-5-2/h7,9-10,12,16,18-19,21,25,27-28,30,32,34-36,40,42-43,45,49,52,74H,4-6,8,11,13-15,17,20,22-24,26,29,31,33,37-39,41,44,46-48,50-51,53-73H2,1-3H3/b10-7-,12-9-,19-16-,21-18-,28-25-,30-27-,35-32-,36-34-,43-40-,45-42-,52-49-. The predicted octanol–water partition coefficient (Wildman–Crippen LogP) is 24.1. The molecular formula is C77H128O6. The molecule has 0 aliphatic rings. The molecule has 0 aliphatic heterocycles. The summed E-state index contributed by atoms with van der Waals surface area (Å²) in [6, 6.07) is 0. The van der Waals surface area contributed by atoms with Crippen molar-refractivity contribution in [3.8, 4) is 0 Å². The largest absolute Gasteiger partial charge is 0.462 e. The molecule has 6 nitrogen and oxygen atoms in total. The van der Waals surface area contributed by atoms with Crippen molar-refractivity contribution >= 4 is 17.9 Å². The van der Waals surface area contributed by atoms with E-state index < -0.39 is 6.10 Å². The Balaban J connectivity index is 4.46. The Kier molecular flexibility index (Phi) is 66.3. The Hall–Kier alpha value is -4.45. The van der Waals surface area contributed by atoms with Crippen LogP contribution in [0, 0.1) is 0 Å². The fraction of sp³-hybridized carbons (Fsp3) is 0.675. The van der Waals surface area contributed by atoms with Gasteiger partial charge in [0.1, 0.15) is 13.2 Å². The lowest BCUT2D eigenvalue weighted by atomic mass is 10.0. The monoisotopic (exact) mass is 1150 g/mol. The second-order valence-electron chi connectivity index (χ2n) is 22.7. The quantitative estimate of drug-likeness (QED) is 0.0261. The van der Waals surface area contributed by atoms with Crippen molar-refractivity contribution in [3.05, 3.63) is 134 Å². The normalized spacial score (nSPS) is 13.0. The first kappa shape index (κ1) is 78.5. The molecule has 0 saturated heterocycles. The molecule has 0 N–H and O–H groups in total. The van der Waals surface area contributed by atoms with E-state index in [1.807, 2.05) is 0 Å². The van der Waals surface area contributed by atoms with Crippen LogP contribution in [-0.2, 0) is 28.6 Å². The molecule has 0 heterocycles. The highest BCUT2D eigenvalue weighted by atomic mass is 16.6. The van der Waals surface area contributed by atoms with Crippen LogP contribution in [-0.4, -0.2) is 37.2 Å². The van der Waals surface area contributed by atoms with Gasteiger partial charge in [-0.25, -0.2) is 0 Å². The topological polar surface area (TPSA) is 78.9 Å². The van der Waals surface area contributed by atoms with Crippen LogP contribution in [0.1, 0.15) is 316 Å². The lowest BCUT2D eigenvalue weighted by molar-refractivity contribution is -0.167. The molecule has 0 spiro atoms. The zero-order chi connectivity index (χ0) is 59.9. The van der Waals surface area contributed by atoms with E-state index in [0.29, 0.717) is 19.3 Å². The summed E-state index contributed by atoms with van der Waals surface area (Å²) < 4.78 is 17.0. The van der Waals surface area contributed by atoms with Gasteiger partial charge in [-0.3, -0.25) is 14.4 Å². The number of unbranched alkanes of at least 4 members (excludes halogenated alkanes) is 29. The van der Waals surface area contributed by atoms with Crippen molar-refractivity contribution in [1.29, 1.82) is 0 Å². The van der Waals surface area contributed by atoms with E-state index in [0.717, 1.165) is 148 Å². The van der Waals surface area contributed by atoms with E-state index in [4.69, 9.17) is 14.2 Å². The number of ether oxygens (including phenoxy) is 3. The highest BCUT2D eigenvalue weighted by Crippen LogP contribution is 2.16. The van der Waals surface area contributed by atoms with Gasteiger partial charge >= 0.3 is 17.9 Å². The van der Waals surface area contributed by atoms with Crippen LogP contribution in [0.4, 0.5) is 0 Å². The van der Waals surface area contributed by atoms with E-state index in [1.165, 1.54) is 128 Å². The first-order chi connectivity index (χ1) is 41.0. The molecule has 0 rings (SSSR count). The van der Waals surface area contributed by atoms with Gasteiger partial charge < -0.3 is 14.2 Å². The predicted molar refractivity (Wildman–Crippen MR) is 362 cm³/mol. The Bertz CT molecular complexity index is 1750. The van der Waals surface area contributed by atoms with E-state index in [-0.39, 0.29) is 31.1 Å². The van der Waals surface area contributed by atoms with Crippen LogP contribution in [0.25, 0.3) is 0 Å². The Morgan fingerprint density at radius 1 is 0.253 bits per heavy atom. The zero-order valence-electron chi connectivity index (χ0n) is 54.2. The van der Waals surface area contributed by atoms with Crippen molar-refractivity contribution in [2.45, 2.75) is 322 Å². The summed E-state index contributed by atoms with van der Waals surface area (Å²) in [6.07, 6.45) is 98.9. The lowest BCUT2D eigenvalue weighted by Gasteiger charge is -2.18. The van der Waals surface area contributed by atoms with Crippen LogP contribution in [0.2, 0.25) is 0 Å². The van der Waals surface area contributed by atoms with Gasteiger partial charge in [-0.15, -0.1) is 0 Å². The van der Waals surface area contributed by atoms with Crippen molar-refractivity contribution in [2.24, 2.45) is 0 Å². The maximum atomic E-state index is 13.0. The van der Waals surface area contributed by atoms with E-state index in [9.17, 15) is 14.4 Å². The van der Waals surface area contributed by atoms with Gasteiger partial charge in [0.2, 0.25) is 0 Å². The highest BCUT2D eigenvalue weighted by Gasteiger charge is 2.19.